The number of thiazole rings is 2. The molecule has 0 bridgehead atoms. The van der Waals surface area contributed by atoms with Gasteiger partial charge in [-0.05, 0) is 51.3 Å². The number of rotatable bonds is 9. The van der Waals surface area contributed by atoms with Gasteiger partial charge in [-0.3, -0.25) is 4.57 Å². The van der Waals surface area contributed by atoms with Crippen molar-refractivity contribution in [3.8, 4) is 0 Å². The van der Waals surface area contributed by atoms with Gasteiger partial charge in [0.15, 0.2) is 27.3 Å². The highest BCUT2D eigenvalue weighted by molar-refractivity contribution is 7.16. The fourth-order valence-corrected chi connectivity index (χ4v) is 7.16. The van der Waals surface area contributed by atoms with E-state index in [0.29, 0.717) is 24.8 Å². The standard InChI is InChI=1S/C28H36N6O3S2Si/c1-6-37-26(35)21-17-38-27(29-21)33-14-10-9-11-20-19(2)24(31-32-25(20)33)30-28-34(18-36-15-16-40(3,4)5)22-12-7-8-13-23(22)39-28/h7-8,12-13,17H,6,9-11,14-16,18H2,1-5H3. The molecule has 212 valence electrons. The molecule has 5 rings (SSSR count). The number of para-hydroxylation sites is 1. The minimum atomic E-state index is -1.18. The molecule has 0 aliphatic carbocycles. The number of aromatic nitrogens is 4. The average Bonchev–Trinajstić information content (AvgIpc) is 3.47. The highest BCUT2D eigenvalue weighted by Crippen LogP contribution is 2.36. The zero-order chi connectivity index (χ0) is 28.3. The number of hydrogen-bond donors (Lipinski definition) is 0. The molecule has 0 fully saturated rings. The van der Waals surface area contributed by atoms with E-state index >= 15 is 0 Å². The maximum atomic E-state index is 12.2. The van der Waals surface area contributed by atoms with E-state index in [1.165, 1.54) is 11.3 Å². The SMILES string of the molecule is CCOC(=O)c1csc(N2CCCCc3c2nnc(N=c2sc4ccccc4n2COCC[Si](C)(C)C)c3C)n1. The van der Waals surface area contributed by atoms with Crippen LogP contribution in [0.2, 0.25) is 25.7 Å². The van der Waals surface area contributed by atoms with Gasteiger partial charge in [0.1, 0.15) is 6.73 Å². The molecule has 0 spiro atoms. The van der Waals surface area contributed by atoms with Crippen LogP contribution in [0.15, 0.2) is 34.6 Å². The Hall–Kier alpha value is -2.93. The van der Waals surface area contributed by atoms with E-state index in [9.17, 15) is 4.79 Å². The first-order valence-electron chi connectivity index (χ1n) is 13.7. The molecule has 12 heteroatoms. The van der Waals surface area contributed by atoms with Crippen molar-refractivity contribution in [3.63, 3.8) is 0 Å². The van der Waals surface area contributed by atoms with E-state index < -0.39 is 14.0 Å². The summed E-state index contributed by atoms with van der Waals surface area (Å²) in [5.74, 6) is 1.00. The fraction of sp³-hybridized carbons (Fsp3) is 0.464. The number of carbonyl (C=O) groups is 1. The summed E-state index contributed by atoms with van der Waals surface area (Å²) in [4.78, 5) is 24.7. The van der Waals surface area contributed by atoms with E-state index in [-0.39, 0.29) is 0 Å². The number of carbonyl (C=O) groups excluding carboxylic acids is 1. The van der Waals surface area contributed by atoms with E-state index in [1.807, 2.05) is 12.1 Å². The van der Waals surface area contributed by atoms with Crippen LogP contribution in [0.25, 0.3) is 10.2 Å². The molecule has 4 aromatic rings. The fourth-order valence-electron chi connectivity index (χ4n) is 4.56. The molecule has 0 saturated carbocycles. The molecular formula is C28H36N6O3S2Si. The van der Waals surface area contributed by atoms with Gasteiger partial charge < -0.3 is 14.4 Å². The average molecular weight is 597 g/mol. The molecule has 0 radical (unpaired) electrons. The van der Waals surface area contributed by atoms with Crippen molar-refractivity contribution in [1.29, 1.82) is 0 Å². The van der Waals surface area contributed by atoms with Crippen LogP contribution in [0.5, 0.6) is 0 Å². The van der Waals surface area contributed by atoms with Crippen molar-refractivity contribution in [1.82, 2.24) is 19.7 Å². The Morgan fingerprint density at radius 2 is 2.00 bits per heavy atom. The Kier molecular flexibility index (Phi) is 8.79. The van der Waals surface area contributed by atoms with Crippen molar-refractivity contribution in [2.45, 2.75) is 65.5 Å². The molecule has 1 aromatic carbocycles. The van der Waals surface area contributed by atoms with Crippen molar-refractivity contribution < 1.29 is 14.3 Å². The van der Waals surface area contributed by atoms with Crippen molar-refractivity contribution in [2.75, 3.05) is 24.7 Å². The third-order valence-electron chi connectivity index (χ3n) is 6.83. The van der Waals surface area contributed by atoms with Crippen LogP contribution in [0.1, 0.15) is 41.4 Å². The molecule has 9 nitrogen and oxygen atoms in total. The second kappa shape index (κ2) is 12.3. The second-order valence-corrected chi connectivity index (χ2v) is 18.5. The van der Waals surface area contributed by atoms with E-state index in [4.69, 9.17) is 14.5 Å². The van der Waals surface area contributed by atoms with Crippen molar-refractivity contribution in [2.24, 2.45) is 4.99 Å². The molecule has 0 N–H and O–H groups in total. The Morgan fingerprint density at radius 3 is 2.80 bits per heavy atom. The third-order valence-corrected chi connectivity index (χ3v) is 10.5. The van der Waals surface area contributed by atoms with Crippen LogP contribution < -0.4 is 9.70 Å². The van der Waals surface area contributed by atoms with Crippen LogP contribution in [0.4, 0.5) is 16.8 Å². The van der Waals surface area contributed by atoms with Crippen LogP contribution in [-0.4, -0.2) is 53.6 Å². The maximum Gasteiger partial charge on any atom is 0.357 e. The number of benzene rings is 1. The quantitative estimate of drug-likeness (QED) is 0.124. The Morgan fingerprint density at radius 1 is 1.18 bits per heavy atom. The summed E-state index contributed by atoms with van der Waals surface area (Å²) >= 11 is 3.05. The predicted octanol–water partition coefficient (Wildman–Crippen LogP) is 6.45. The molecule has 40 heavy (non-hydrogen) atoms. The predicted molar refractivity (Wildman–Crippen MR) is 164 cm³/mol. The van der Waals surface area contributed by atoms with Crippen LogP contribution in [0, 0.1) is 6.92 Å². The summed E-state index contributed by atoms with van der Waals surface area (Å²) in [6, 6.07) is 9.44. The molecule has 4 heterocycles. The number of fused-ring (bicyclic) bond motifs is 2. The number of hydrogen-bond acceptors (Lipinski definition) is 10. The topological polar surface area (TPSA) is 94.7 Å². The number of anilines is 2. The van der Waals surface area contributed by atoms with Gasteiger partial charge >= 0.3 is 5.97 Å². The molecule has 0 unspecified atom stereocenters. The summed E-state index contributed by atoms with van der Waals surface area (Å²) in [5.41, 5.74) is 3.57. The molecular weight excluding hydrogens is 561 g/mol. The first kappa shape index (κ1) is 28.6. The van der Waals surface area contributed by atoms with Gasteiger partial charge in [0.05, 0.1) is 16.8 Å². The Bertz CT molecular complexity index is 1570. The normalized spacial score (nSPS) is 14.4. The number of nitrogens with zero attached hydrogens (tertiary/aromatic N) is 6. The van der Waals surface area contributed by atoms with Crippen LogP contribution in [-0.2, 0) is 22.6 Å². The molecule has 3 aromatic heterocycles. The molecule has 0 amide bonds. The number of ether oxygens (including phenoxy) is 2. The Labute approximate surface area is 243 Å². The lowest BCUT2D eigenvalue weighted by Gasteiger charge is -2.21. The molecule has 0 atom stereocenters. The molecule has 0 saturated heterocycles. The first-order chi connectivity index (χ1) is 19.2. The lowest BCUT2D eigenvalue weighted by atomic mass is 10.1. The van der Waals surface area contributed by atoms with Crippen molar-refractivity contribution in [3.05, 3.63) is 51.3 Å². The minimum Gasteiger partial charge on any atom is -0.461 e. The lowest BCUT2D eigenvalue weighted by molar-refractivity contribution is 0.0520. The van der Waals surface area contributed by atoms with Gasteiger partial charge in [0.25, 0.3) is 0 Å². The Balaban J connectivity index is 1.49. The van der Waals surface area contributed by atoms with Gasteiger partial charge in [-0.25, -0.2) is 9.78 Å². The largest absolute Gasteiger partial charge is 0.461 e. The van der Waals surface area contributed by atoms with Gasteiger partial charge in [-0.1, -0.05) is 43.1 Å². The second-order valence-electron chi connectivity index (χ2n) is 11.0. The molecule has 1 aliphatic heterocycles. The third kappa shape index (κ3) is 6.35. The van der Waals surface area contributed by atoms with Gasteiger partial charge in [-0.2, -0.15) is 4.99 Å². The maximum absolute atomic E-state index is 12.2. The summed E-state index contributed by atoms with van der Waals surface area (Å²) in [6.45, 7) is 13.2. The summed E-state index contributed by atoms with van der Waals surface area (Å²) in [6.07, 6.45) is 2.90. The zero-order valence-corrected chi connectivity index (χ0v) is 26.4. The highest BCUT2D eigenvalue weighted by atomic mass is 32.1. The summed E-state index contributed by atoms with van der Waals surface area (Å²) < 4.78 is 14.6. The van der Waals surface area contributed by atoms with Gasteiger partial charge in [0, 0.05) is 37.7 Å². The van der Waals surface area contributed by atoms with Crippen LogP contribution >= 0.6 is 22.7 Å². The van der Waals surface area contributed by atoms with Crippen LogP contribution in [0.3, 0.4) is 0 Å². The summed E-state index contributed by atoms with van der Waals surface area (Å²) in [5, 5.41) is 11.7. The van der Waals surface area contributed by atoms with E-state index in [1.54, 1.807) is 23.6 Å². The first-order valence-corrected chi connectivity index (χ1v) is 19.1. The number of esters is 1. The zero-order valence-electron chi connectivity index (χ0n) is 23.8. The smallest absolute Gasteiger partial charge is 0.357 e. The lowest BCUT2D eigenvalue weighted by Crippen LogP contribution is -2.23. The van der Waals surface area contributed by atoms with Gasteiger partial charge in [-0.15, -0.1) is 21.5 Å². The molecule has 1 aliphatic rings. The minimum absolute atomic E-state index is 0.319. The monoisotopic (exact) mass is 596 g/mol. The van der Waals surface area contributed by atoms with Crippen molar-refractivity contribution >= 4 is 63.7 Å². The highest BCUT2D eigenvalue weighted by Gasteiger charge is 2.25. The van der Waals surface area contributed by atoms with Gasteiger partial charge in [0.2, 0.25) is 0 Å². The van der Waals surface area contributed by atoms with E-state index in [2.05, 4.69) is 63.3 Å². The van der Waals surface area contributed by atoms with E-state index in [0.717, 1.165) is 75.6 Å². The summed E-state index contributed by atoms with van der Waals surface area (Å²) in [7, 11) is -1.18.